The molecule has 2 saturated carbocycles. The van der Waals surface area contributed by atoms with Gasteiger partial charge in [0.05, 0.1) is 34.0 Å². The summed E-state index contributed by atoms with van der Waals surface area (Å²) in [6, 6.07) is 8.85. The molecule has 140 valence electrons. The smallest absolute Gasteiger partial charge is 0.140 e. The first-order chi connectivity index (χ1) is 13.7. The summed E-state index contributed by atoms with van der Waals surface area (Å²) in [5.74, 6) is 1.64. The number of benzene rings is 2. The number of nitrogens with one attached hydrogen (secondary N) is 2. The number of aromatic amines is 1. The van der Waals surface area contributed by atoms with Crippen molar-refractivity contribution in [3.8, 4) is 6.07 Å². The third kappa shape index (κ3) is 2.07. The highest BCUT2D eigenvalue weighted by Gasteiger charge is 2.54. The van der Waals surface area contributed by atoms with E-state index in [1.165, 1.54) is 30.9 Å². The molecule has 2 bridgehead atoms. The van der Waals surface area contributed by atoms with Crippen LogP contribution in [0.1, 0.15) is 47.9 Å². The maximum absolute atomic E-state index is 13.9. The zero-order valence-corrected chi connectivity index (χ0v) is 15.8. The van der Waals surface area contributed by atoms with Crippen LogP contribution >= 0.6 is 11.6 Å². The average Bonchev–Trinajstić information content (AvgIpc) is 3.44. The SMILES string of the molecule is N#Cc1cc(C2Nc3c(Cl)cc4[nH]ncc4c3C3C4CCC(C4)C23)ccc1F. The first-order valence-electron chi connectivity index (χ1n) is 9.77. The molecule has 1 aliphatic heterocycles. The zero-order chi connectivity index (χ0) is 19.0. The van der Waals surface area contributed by atoms with Gasteiger partial charge in [0.25, 0.3) is 0 Å². The number of hydrogen-bond donors (Lipinski definition) is 2. The minimum absolute atomic E-state index is 0.0300. The van der Waals surface area contributed by atoms with Crippen LogP contribution < -0.4 is 5.32 Å². The van der Waals surface area contributed by atoms with E-state index in [4.69, 9.17) is 11.6 Å². The van der Waals surface area contributed by atoms with Gasteiger partial charge in [-0.3, -0.25) is 5.10 Å². The van der Waals surface area contributed by atoms with E-state index in [0.29, 0.717) is 28.7 Å². The topological polar surface area (TPSA) is 64.5 Å². The van der Waals surface area contributed by atoms with Crippen LogP contribution in [0.2, 0.25) is 5.02 Å². The number of aromatic nitrogens is 2. The van der Waals surface area contributed by atoms with Gasteiger partial charge in [0, 0.05) is 5.39 Å². The summed E-state index contributed by atoms with van der Waals surface area (Å²) in [4.78, 5) is 0. The second kappa shape index (κ2) is 5.71. The molecule has 6 rings (SSSR count). The molecule has 2 heterocycles. The Hall–Kier alpha value is -2.58. The fraction of sp³-hybridized carbons (Fsp3) is 0.364. The number of H-pyrrole nitrogens is 1. The monoisotopic (exact) mass is 392 g/mol. The van der Waals surface area contributed by atoms with E-state index >= 15 is 0 Å². The van der Waals surface area contributed by atoms with Crippen LogP contribution in [0.15, 0.2) is 30.5 Å². The molecule has 0 saturated heterocycles. The fourth-order valence-corrected chi connectivity index (χ4v) is 6.46. The van der Waals surface area contributed by atoms with Gasteiger partial charge in [-0.1, -0.05) is 17.7 Å². The first kappa shape index (κ1) is 16.4. The Bertz CT molecular complexity index is 1160. The number of rotatable bonds is 1. The van der Waals surface area contributed by atoms with Crippen molar-refractivity contribution in [2.75, 3.05) is 5.32 Å². The van der Waals surface area contributed by atoms with Crippen LogP contribution in [0.4, 0.5) is 10.1 Å². The normalized spacial score (nSPS) is 30.0. The molecule has 0 spiro atoms. The summed E-state index contributed by atoms with van der Waals surface area (Å²) in [5.41, 5.74) is 4.29. The van der Waals surface area contributed by atoms with Gasteiger partial charge in [0.15, 0.2) is 0 Å². The van der Waals surface area contributed by atoms with E-state index < -0.39 is 5.82 Å². The molecule has 0 amide bonds. The van der Waals surface area contributed by atoms with Gasteiger partial charge in [0.2, 0.25) is 0 Å². The lowest BCUT2D eigenvalue weighted by Gasteiger charge is -2.44. The second-order valence-corrected chi connectivity index (χ2v) is 8.79. The van der Waals surface area contributed by atoms with E-state index in [1.54, 1.807) is 6.07 Å². The van der Waals surface area contributed by atoms with Crippen LogP contribution in [-0.2, 0) is 0 Å². The van der Waals surface area contributed by atoms with Crippen LogP contribution in [0, 0.1) is 34.9 Å². The highest BCUT2D eigenvalue weighted by Crippen LogP contribution is 2.65. The number of fused-ring (bicyclic) bond motifs is 9. The first-order valence-corrected chi connectivity index (χ1v) is 10.1. The maximum atomic E-state index is 13.9. The summed E-state index contributed by atoms with van der Waals surface area (Å²) in [6.45, 7) is 0. The molecule has 2 N–H and O–H groups in total. The zero-order valence-electron chi connectivity index (χ0n) is 15.0. The predicted molar refractivity (Wildman–Crippen MR) is 106 cm³/mol. The molecule has 5 atom stereocenters. The van der Waals surface area contributed by atoms with Crippen molar-refractivity contribution in [3.05, 3.63) is 58.0 Å². The molecule has 6 heteroatoms. The van der Waals surface area contributed by atoms with Crippen molar-refractivity contribution in [1.29, 1.82) is 5.26 Å². The minimum atomic E-state index is -0.468. The second-order valence-electron chi connectivity index (χ2n) is 8.39. The third-order valence-corrected chi connectivity index (χ3v) is 7.50. The van der Waals surface area contributed by atoms with Gasteiger partial charge in [-0.25, -0.2) is 4.39 Å². The number of nitriles is 1. The van der Waals surface area contributed by atoms with E-state index in [9.17, 15) is 9.65 Å². The largest absolute Gasteiger partial charge is 0.376 e. The highest BCUT2D eigenvalue weighted by atomic mass is 35.5. The van der Waals surface area contributed by atoms with Crippen LogP contribution in [0.25, 0.3) is 10.9 Å². The van der Waals surface area contributed by atoms with Gasteiger partial charge in [0.1, 0.15) is 11.9 Å². The molecule has 28 heavy (non-hydrogen) atoms. The van der Waals surface area contributed by atoms with Gasteiger partial charge >= 0.3 is 0 Å². The Kier molecular flexibility index (Phi) is 3.34. The molecule has 3 aromatic rings. The van der Waals surface area contributed by atoms with Crippen molar-refractivity contribution < 1.29 is 4.39 Å². The number of halogens is 2. The van der Waals surface area contributed by atoms with Crippen molar-refractivity contribution in [2.45, 2.75) is 31.2 Å². The lowest BCUT2D eigenvalue weighted by molar-refractivity contribution is 0.249. The Morgan fingerprint density at radius 1 is 1.21 bits per heavy atom. The van der Waals surface area contributed by atoms with Crippen LogP contribution in [0.5, 0.6) is 0 Å². The van der Waals surface area contributed by atoms with Gasteiger partial charge < -0.3 is 5.32 Å². The summed E-state index contributed by atoms with van der Waals surface area (Å²) in [6.07, 6.45) is 5.61. The molecule has 2 aromatic carbocycles. The molecule has 4 nitrogen and oxygen atoms in total. The molecule has 2 fully saturated rings. The van der Waals surface area contributed by atoms with E-state index in [2.05, 4.69) is 15.5 Å². The molecular formula is C22H18ClFN4. The van der Waals surface area contributed by atoms with Gasteiger partial charge in [-0.2, -0.15) is 10.4 Å². The number of anilines is 1. The van der Waals surface area contributed by atoms with Crippen molar-refractivity contribution in [1.82, 2.24) is 10.2 Å². The average molecular weight is 393 g/mol. The molecule has 0 radical (unpaired) electrons. The summed E-state index contributed by atoms with van der Waals surface area (Å²) < 4.78 is 13.9. The third-order valence-electron chi connectivity index (χ3n) is 7.21. The van der Waals surface area contributed by atoms with Crippen molar-refractivity contribution in [2.24, 2.45) is 17.8 Å². The highest BCUT2D eigenvalue weighted by molar-refractivity contribution is 6.34. The molecule has 2 aliphatic carbocycles. The minimum Gasteiger partial charge on any atom is -0.376 e. The summed E-state index contributed by atoms with van der Waals surface area (Å²) in [5, 5.41) is 22.1. The summed E-state index contributed by atoms with van der Waals surface area (Å²) in [7, 11) is 0. The van der Waals surface area contributed by atoms with Gasteiger partial charge in [-0.05, 0) is 72.3 Å². The van der Waals surface area contributed by atoms with E-state index in [1.807, 2.05) is 24.4 Å². The lowest BCUT2D eigenvalue weighted by Crippen LogP contribution is -2.35. The Morgan fingerprint density at radius 3 is 2.93 bits per heavy atom. The van der Waals surface area contributed by atoms with E-state index in [0.717, 1.165) is 22.2 Å². The van der Waals surface area contributed by atoms with Crippen LogP contribution in [-0.4, -0.2) is 10.2 Å². The summed E-state index contributed by atoms with van der Waals surface area (Å²) >= 11 is 6.68. The Labute approximate surface area is 166 Å². The maximum Gasteiger partial charge on any atom is 0.140 e. The molecule has 1 aromatic heterocycles. The van der Waals surface area contributed by atoms with Crippen molar-refractivity contribution in [3.63, 3.8) is 0 Å². The quantitative estimate of drug-likeness (QED) is 0.572. The standard InChI is InChI=1S/C22H18ClFN4/c23-15-7-17-14(9-26-28-17)20-18-10-1-2-11(5-10)19(18)21(27-22(15)20)12-3-4-16(24)13(6-12)8-25/h3-4,6-7,9-11,18-19,21,27H,1-2,5H2,(H,26,28). The molecule has 5 unspecified atom stereocenters. The van der Waals surface area contributed by atoms with Crippen LogP contribution in [0.3, 0.4) is 0 Å². The molecular weight excluding hydrogens is 375 g/mol. The number of hydrogen-bond acceptors (Lipinski definition) is 3. The van der Waals surface area contributed by atoms with E-state index in [-0.39, 0.29) is 11.6 Å². The fourth-order valence-electron chi connectivity index (χ4n) is 6.20. The van der Waals surface area contributed by atoms with Gasteiger partial charge in [-0.15, -0.1) is 0 Å². The predicted octanol–water partition coefficient (Wildman–Crippen LogP) is 5.52. The number of nitrogens with zero attached hydrogens (tertiary/aromatic N) is 2. The Balaban J connectivity index is 1.57. The van der Waals surface area contributed by atoms with Crippen molar-refractivity contribution >= 4 is 28.2 Å². The lowest BCUT2D eigenvalue weighted by atomic mass is 9.67. The Morgan fingerprint density at radius 2 is 2.07 bits per heavy atom. The molecule has 3 aliphatic rings.